The highest BCUT2D eigenvalue weighted by atomic mass is 32.1. The van der Waals surface area contributed by atoms with Crippen LogP contribution in [0.1, 0.15) is 36.4 Å². The topological polar surface area (TPSA) is 41.4 Å². The van der Waals surface area contributed by atoms with Gasteiger partial charge in [0, 0.05) is 28.7 Å². The van der Waals surface area contributed by atoms with Crippen molar-refractivity contribution in [2.24, 2.45) is 5.10 Å². The molecule has 4 nitrogen and oxygen atoms in total. The van der Waals surface area contributed by atoms with Crippen molar-refractivity contribution in [1.29, 1.82) is 0 Å². The zero-order valence-electron chi connectivity index (χ0n) is 14.3. The molecule has 0 unspecified atom stereocenters. The van der Waals surface area contributed by atoms with E-state index in [9.17, 15) is 0 Å². The van der Waals surface area contributed by atoms with Crippen LogP contribution in [-0.2, 0) is 0 Å². The standard InChI is InChI=1S/C18H24N4S/c1-12(2)20-18(23)21-19-11-16-10-14(4)22(15(16)5)17-8-6-13(3)7-9-17/h6-12H,1-5H3,(H2,20,21,23)/b19-11+. The van der Waals surface area contributed by atoms with Gasteiger partial charge in [-0.2, -0.15) is 5.10 Å². The molecule has 0 saturated carbocycles. The Morgan fingerprint density at radius 3 is 2.43 bits per heavy atom. The second kappa shape index (κ2) is 7.42. The molecule has 0 fully saturated rings. The first-order valence-electron chi connectivity index (χ1n) is 7.74. The molecule has 0 aliphatic carbocycles. The molecule has 0 aliphatic heterocycles. The van der Waals surface area contributed by atoms with E-state index in [0.29, 0.717) is 5.11 Å². The highest BCUT2D eigenvalue weighted by molar-refractivity contribution is 7.80. The van der Waals surface area contributed by atoms with Crippen molar-refractivity contribution in [1.82, 2.24) is 15.3 Å². The number of rotatable bonds is 4. The highest BCUT2D eigenvalue weighted by Crippen LogP contribution is 2.20. The van der Waals surface area contributed by atoms with Crippen LogP contribution in [0.15, 0.2) is 35.4 Å². The molecule has 2 rings (SSSR count). The Balaban J connectivity index is 2.17. The van der Waals surface area contributed by atoms with E-state index in [-0.39, 0.29) is 6.04 Å². The number of nitrogens with one attached hydrogen (secondary N) is 2. The Kier molecular flexibility index (Phi) is 5.55. The van der Waals surface area contributed by atoms with Gasteiger partial charge in [0.15, 0.2) is 5.11 Å². The Morgan fingerprint density at radius 2 is 1.83 bits per heavy atom. The molecule has 2 N–H and O–H groups in total. The van der Waals surface area contributed by atoms with E-state index in [2.05, 4.69) is 71.5 Å². The highest BCUT2D eigenvalue weighted by Gasteiger charge is 2.09. The first-order chi connectivity index (χ1) is 10.9. The lowest BCUT2D eigenvalue weighted by Crippen LogP contribution is -2.36. The lowest BCUT2D eigenvalue weighted by atomic mass is 10.2. The third kappa shape index (κ3) is 4.42. The zero-order chi connectivity index (χ0) is 17.0. The van der Waals surface area contributed by atoms with Gasteiger partial charge in [0.1, 0.15) is 0 Å². The van der Waals surface area contributed by atoms with Gasteiger partial charge in [0.2, 0.25) is 0 Å². The van der Waals surface area contributed by atoms with Gasteiger partial charge in [-0.25, -0.2) is 0 Å². The van der Waals surface area contributed by atoms with E-state index in [1.807, 2.05) is 13.8 Å². The van der Waals surface area contributed by atoms with E-state index < -0.39 is 0 Å². The van der Waals surface area contributed by atoms with Gasteiger partial charge in [0.25, 0.3) is 0 Å². The number of aromatic nitrogens is 1. The van der Waals surface area contributed by atoms with Crippen LogP contribution >= 0.6 is 12.2 Å². The summed E-state index contributed by atoms with van der Waals surface area (Å²) in [5, 5.41) is 7.85. The van der Waals surface area contributed by atoms with Gasteiger partial charge in [-0.15, -0.1) is 0 Å². The van der Waals surface area contributed by atoms with Gasteiger partial charge >= 0.3 is 0 Å². The molecule has 0 radical (unpaired) electrons. The third-order valence-corrected chi connectivity index (χ3v) is 3.76. The molecule has 1 aromatic heterocycles. The van der Waals surface area contributed by atoms with Gasteiger partial charge in [-0.1, -0.05) is 17.7 Å². The normalized spacial score (nSPS) is 11.2. The van der Waals surface area contributed by atoms with Crippen LogP contribution in [-0.4, -0.2) is 21.9 Å². The number of nitrogens with zero attached hydrogens (tertiary/aromatic N) is 2. The molecule has 1 heterocycles. The third-order valence-electron chi connectivity index (χ3n) is 3.55. The van der Waals surface area contributed by atoms with E-state index in [1.165, 1.54) is 11.3 Å². The average Bonchev–Trinajstić information content (AvgIpc) is 2.74. The van der Waals surface area contributed by atoms with Crippen molar-refractivity contribution in [2.75, 3.05) is 0 Å². The largest absolute Gasteiger partial charge is 0.359 e. The average molecular weight is 328 g/mol. The predicted molar refractivity (Wildman–Crippen MR) is 102 cm³/mol. The Morgan fingerprint density at radius 1 is 1.17 bits per heavy atom. The van der Waals surface area contributed by atoms with Gasteiger partial charge in [-0.3, -0.25) is 5.43 Å². The Bertz CT molecular complexity index is 711. The molecule has 0 aliphatic rings. The summed E-state index contributed by atoms with van der Waals surface area (Å²) in [7, 11) is 0. The molecular weight excluding hydrogens is 304 g/mol. The fourth-order valence-electron chi connectivity index (χ4n) is 2.46. The summed E-state index contributed by atoms with van der Waals surface area (Å²) in [5.41, 5.74) is 8.67. The fraction of sp³-hybridized carbons (Fsp3) is 0.333. The number of aryl methyl sites for hydroxylation is 2. The molecule has 0 amide bonds. The van der Waals surface area contributed by atoms with Crippen LogP contribution in [0.25, 0.3) is 5.69 Å². The van der Waals surface area contributed by atoms with Crippen molar-refractivity contribution in [3.05, 3.63) is 52.8 Å². The number of benzene rings is 1. The summed E-state index contributed by atoms with van der Waals surface area (Å²) in [4.78, 5) is 0. The number of thiocarbonyl (C=S) groups is 1. The molecule has 122 valence electrons. The van der Waals surface area contributed by atoms with E-state index >= 15 is 0 Å². The second-order valence-electron chi connectivity index (χ2n) is 6.00. The molecule has 0 saturated heterocycles. The maximum atomic E-state index is 5.16. The maximum Gasteiger partial charge on any atom is 0.187 e. The molecule has 0 bridgehead atoms. The summed E-state index contributed by atoms with van der Waals surface area (Å²) in [6.07, 6.45) is 1.81. The minimum Gasteiger partial charge on any atom is -0.359 e. The predicted octanol–water partition coefficient (Wildman–Crippen LogP) is 3.61. The van der Waals surface area contributed by atoms with E-state index in [0.717, 1.165) is 16.9 Å². The molecule has 0 spiro atoms. The van der Waals surface area contributed by atoms with Crippen LogP contribution in [0.5, 0.6) is 0 Å². The van der Waals surface area contributed by atoms with Crippen LogP contribution in [0, 0.1) is 20.8 Å². The van der Waals surface area contributed by atoms with Gasteiger partial charge in [0.05, 0.1) is 6.21 Å². The van der Waals surface area contributed by atoms with Crippen molar-refractivity contribution in [3.8, 4) is 5.69 Å². The summed E-state index contributed by atoms with van der Waals surface area (Å²) in [6.45, 7) is 10.4. The Labute approximate surface area is 143 Å². The van der Waals surface area contributed by atoms with Gasteiger partial charge < -0.3 is 9.88 Å². The summed E-state index contributed by atoms with van der Waals surface area (Å²) >= 11 is 5.16. The monoisotopic (exact) mass is 328 g/mol. The summed E-state index contributed by atoms with van der Waals surface area (Å²) in [6, 6.07) is 10.9. The Hall–Kier alpha value is -2.14. The molecule has 23 heavy (non-hydrogen) atoms. The minimum absolute atomic E-state index is 0.289. The summed E-state index contributed by atoms with van der Waals surface area (Å²) < 4.78 is 2.23. The van der Waals surface area contributed by atoms with E-state index in [4.69, 9.17) is 12.2 Å². The summed E-state index contributed by atoms with van der Waals surface area (Å²) in [5.74, 6) is 0. The van der Waals surface area contributed by atoms with Crippen LogP contribution < -0.4 is 10.7 Å². The van der Waals surface area contributed by atoms with Crippen molar-refractivity contribution >= 4 is 23.5 Å². The lowest BCUT2D eigenvalue weighted by molar-refractivity contribution is 0.720. The zero-order valence-corrected chi connectivity index (χ0v) is 15.2. The van der Waals surface area contributed by atoms with Crippen LogP contribution in [0.3, 0.4) is 0 Å². The second-order valence-corrected chi connectivity index (χ2v) is 6.40. The van der Waals surface area contributed by atoms with Crippen molar-refractivity contribution < 1.29 is 0 Å². The van der Waals surface area contributed by atoms with Crippen LogP contribution in [0.2, 0.25) is 0 Å². The van der Waals surface area contributed by atoms with Crippen molar-refractivity contribution in [2.45, 2.75) is 40.7 Å². The fourth-order valence-corrected chi connectivity index (χ4v) is 2.75. The molecule has 5 heteroatoms. The smallest absolute Gasteiger partial charge is 0.187 e. The molecule has 1 aromatic carbocycles. The number of hydrazone groups is 1. The lowest BCUT2D eigenvalue weighted by Gasteiger charge is -2.10. The molecule has 2 aromatic rings. The number of hydrogen-bond donors (Lipinski definition) is 2. The van der Waals surface area contributed by atoms with Gasteiger partial charge in [-0.05, 0) is 65.0 Å². The molecule has 0 atom stereocenters. The molecular formula is C18H24N4S. The number of hydrogen-bond acceptors (Lipinski definition) is 2. The first kappa shape index (κ1) is 17.2. The van der Waals surface area contributed by atoms with Crippen LogP contribution in [0.4, 0.5) is 0 Å². The van der Waals surface area contributed by atoms with E-state index in [1.54, 1.807) is 6.21 Å². The maximum absolute atomic E-state index is 5.16. The quantitative estimate of drug-likeness (QED) is 0.512. The minimum atomic E-state index is 0.289. The first-order valence-corrected chi connectivity index (χ1v) is 8.15. The SMILES string of the molecule is Cc1ccc(-n2c(C)cc(/C=N/NC(=S)NC(C)C)c2C)cc1. The van der Waals surface area contributed by atoms with Crippen molar-refractivity contribution in [3.63, 3.8) is 0 Å².